The number of hydrogen-bond donors (Lipinski definition) is 2. The second kappa shape index (κ2) is 5.73. The van der Waals surface area contributed by atoms with E-state index in [-0.39, 0.29) is 23.6 Å². The average molecular weight is 267 g/mol. The highest BCUT2D eigenvalue weighted by Gasteiger charge is 2.25. The van der Waals surface area contributed by atoms with Crippen molar-refractivity contribution in [2.45, 2.75) is 19.3 Å². The maximum Gasteiger partial charge on any atom is 0.303 e. The molecule has 0 saturated carbocycles. The summed E-state index contributed by atoms with van der Waals surface area (Å²) in [6, 6.07) is 0. The highest BCUT2D eigenvalue weighted by atomic mass is 16.5. The lowest BCUT2D eigenvalue weighted by Crippen LogP contribution is -2.37. The molecule has 1 atom stereocenters. The number of ether oxygens (including phenoxy) is 1. The molecule has 1 aliphatic rings. The van der Waals surface area contributed by atoms with Gasteiger partial charge >= 0.3 is 5.97 Å². The minimum atomic E-state index is -0.794. The van der Waals surface area contributed by atoms with Crippen molar-refractivity contribution in [3.05, 3.63) is 16.7 Å². The van der Waals surface area contributed by atoms with E-state index in [4.69, 9.17) is 9.84 Å². The van der Waals surface area contributed by atoms with Crippen molar-refractivity contribution in [1.29, 1.82) is 0 Å². The first-order valence-corrected chi connectivity index (χ1v) is 6.20. The monoisotopic (exact) mass is 267 g/mol. The van der Waals surface area contributed by atoms with Gasteiger partial charge in [0.05, 0.1) is 13.4 Å². The van der Waals surface area contributed by atoms with E-state index in [0.717, 1.165) is 19.4 Å². The molecule has 2 N–H and O–H groups in total. The Morgan fingerprint density at radius 1 is 1.68 bits per heavy atom. The molecule has 0 bridgehead atoms. The number of anilines is 1. The molecule has 19 heavy (non-hydrogen) atoms. The number of methoxy groups -OCH3 is 1. The van der Waals surface area contributed by atoms with Crippen molar-refractivity contribution in [1.82, 2.24) is 9.97 Å². The highest BCUT2D eigenvalue weighted by Crippen LogP contribution is 2.27. The first kappa shape index (κ1) is 13.4. The summed E-state index contributed by atoms with van der Waals surface area (Å²) >= 11 is 0. The zero-order valence-corrected chi connectivity index (χ0v) is 10.8. The molecule has 0 aliphatic carbocycles. The third-order valence-corrected chi connectivity index (χ3v) is 3.28. The number of nitrogens with one attached hydrogen (secondary N) is 1. The number of hydrogen-bond acceptors (Lipinski definition) is 5. The topological polar surface area (TPSA) is 95.5 Å². The fourth-order valence-corrected chi connectivity index (χ4v) is 2.46. The molecule has 7 nitrogen and oxygen atoms in total. The summed E-state index contributed by atoms with van der Waals surface area (Å²) in [7, 11) is 1.43. The van der Waals surface area contributed by atoms with E-state index in [2.05, 4.69) is 9.97 Å². The molecule has 104 valence electrons. The van der Waals surface area contributed by atoms with Crippen LogP contribution < -0.4 is 15.2 Å². The summed E-state index contributed by atoms with van der Waals surface area (Å²) < 4.78 is 5.08. The van der Waals surface area contributed by atoms with Crippen LogP contribution >= 0.6 is 0 Å². The SMILES string of the molecule is COc1c(N2CCCC(CC(=O)O)C2)nc[nH]c1=O. The molecule has 0 spiro atoms. The molecule has 1 aromatic rings. The second-order valence-corrected chi connectivity index (χ2v) is 4.64. The normalized spacial score (nSPS) is 19.2. The Morgan fingerprint density at radius 3 is 3.16 bits per heavy atom. The van der Waals surface area contributed by atoms with Crippen LogP contribution in [0.25, 0.3) is 0 Å². The van der Waals surface area contributed by atoms with Crippen LogP contribution in [-0.2, 0) is 4.79 Å². The zero-order valence-electron chi connectivity index (χ0n) is 10.8. The molecule has 2 rings (SSSR count). The van der Waals surface area contributed by atoms with Crippen molar-refractivity contribution >= 4 is 11.8 Å². The van der Waals surface area contributed by atoms with E-state index < -0.39 is 5.97 Å². The number of aromatic nitrogens is 2. The molecular formula is C12H17N3O4. The van der Waals surface area contributed by atoms with Crippen LogP contribution in [0, 0.1) is 5.92 Å². The Bertz CT molecular complexity index is 514. The molecule has 2 heterocycles. The maximum atomic E-state index is 11.6. The van der Waals surface area contributed by atoms with Crippen LogP contribution in [-0.4, -0.2) is 41.2 Å². The Labute approximate surface area is 110 Å². The molecule has 1 saturated heterocycles. The molecule has 1 aromatic heterocycles. The molecule has 1 unspecified atom stereocenters. The summed E-state index contributed by atoms with van der Waals surface area (Å²) in [5.41, 5.74) is -0.326. The van der Waals surface area contributed by atoms with Crippen LogP contribution in [0.15, 0.2) is 11.1 Å². The number of carbonyl (C=O) groups is 1. The molecule has 0 radical (unpaired) electrons. The Morgan fingerprint density at radius 2 is 2.47 bits per heavy atom. The molecule has 0 amide bonds. The van der Waals surface area contributed by atoms with E-state index in [9.17, 15) is 9.59 Å². The lowest BCUT2D eigenvalue weighted by Gasteiger charge is -2.33. The summed E-state index contributed by atoms with van der Waals surface area (Å²) in [6.45, 7) is 1.34. The second-order valence-electron chi connectivity index (χ2n) is 4.64. The third-order valence-electron chi connectivity index (χ3n) is 3.28. The van der Waals surface area contributed by atoms with Crippen molar-refractivity contribution in [3.8, 4) is 5.75 Å². The van der Waals surface area contributed by atoms with Crippen LogP contribution in [0.5, 0.6) is 5.75 Å². The number of nitrogens with zero attached hydrogens (tertiary/aromatic N) is 2. The number of carboxylic acid groups (broad SMARTS) is 1. The van der Waals surface area contributed by atoms with Gasteiger partial charge < -0.3 is 19.7 Å². The molecule has 1 aliphatic heterocycles. The van der Waals surface area contributed by atoms with Gasteiger partial charge in [-0.3, -0.25) is 9.59 Å². The average Bonchev–Trinajstić information content (AvgIpc) is 2.38. The Balaban J connectivity index is 2.19. The van der Waals surface area contributed by atoms with E-state index in [1.165, 1.54) is 13.4 Å². The van der Waals surface area contributed by atoms with Gasteiger partial charge in [-0.05, 0) is 18.8 Å². The summed E-state index contributed by atoms with van der Waals surface area (Å²) in [5.74, 6) is -0.0467. The lowest BCUT2D eigenvalue weighted by molar-refractivity contribution is -0.138. The number of piperidine rings is 1. The summed E-state index contributed by atoms with van der Waals surface area (Å²) in [5, 5.41) is 8.85. The number of carboxylic acids is 1. The van der Waals surface area contributed by atoms with E-state index in [0.29, 0.717) is 12.4 Å². The standard InChI is InChI=1S/C12H17N3O4/c1-19-10-11(13-7-14-12(10)18)15-4-2-3-8(6-15)5-9(16)17/h7-8H,2-6H2,1H3,(H,16,17)(H,13,14,18). The first-order valence-electron chi connectivity index (χ1n) is 6.20. The molecule has 1 fully saturated rings. The van der Waals surface area contributed by atoms with Crippen molar-refractivity contribution in [3.63, 3.8) is 0 Å². The van der Waals surface area contributed by atoms with Gasteiger partial charge in [0.15, 0.2) is 5.82 Å². The summed E-state index contributed by atoms with van der Waals surface area (Å²) in [4.78, 5) is 30.9. The van der Waals surface area contributed by atoms with Gasteiger partial charge in [-0.25, -0.2) is 4.98 Å². The fraction of sp³-hybridized carbons (Fsp3) is 0.583. The van der Waals surface area contributed by atoms with Crippen LogP contribution in [0.3, 0.4) is 0 Å². The predicted octanol–water partition coefficient (Wildman–Crippen LogP) is 0.470. The fourth-order valence-electron chi connectivity index (χ4n) is 2.46. The predicted molar refractivity (Wildman–Crippen MR) is 68.6 cm³/mol. The van der Waals surface area contributed by atoms with Gasteiger partial charge in [0.2, 0.25) is 5.75 Å². The Kier molecular flexibility index (Phi) is 4.03. The van der Waals surface area contributed by atoms with Crippen LogP contribution in [0.2, 0.25) is 0 Å². The number of H-pyrrole nitrogens is 1. The molecular weight excluding hydrogens is 250 g/mol. The maximum absolute atomic E-state index is 11.6. The first-order chi connectivity index (χ1) is 9.11. The van der Waals surface area contributed by atoms with Crippen molar-refractivity contribution in [2.75, 3.05) is 25.1 Å². The smallest absolute Gasteiger partial charge is 0.303 e. The number of aromatic amines is 1. The summed E-state index contributed by atoms with van der Waals surface area (Å²) in [6.07, 6.45) is 3.24. The van der Waals surface area contributed by atoms with Gasteiger partial charge in [0.1, 0.15) is 0 Å². The van der Waals surface area contributed by atoms with Crippen molar-refractivity contribution < 1.29 is 14.6 Å². The molecule has 7 heteroatoms. The minimum Gasteiger partial charge on any atom is -0.489 e. The van der Waals surface area contributed by atoms with E-state index in [1.54, 1.807) is 0 Å². The van der Waals surface area contributed by atoms with Gasteiger partial charge in [0, 0.05) is 19.5 Å². The third kappa shape index (κ3) is 3.04. The van der Waals surface area contributed by atoms with E-state index in [1.807, 2.05) is 4.90 Å². The van der Waals surface area contributed by atoms with Gasteiger partial charge in [-0.2, -0.15) is 0 Å². The van der Waals surface area contributed by atoms with Crippen LogP contribution in [0.4, 0.5) is 5.82 Å². The number of rotatable bonds is 4. The van der Waals surface area contributed by atoms with Gasteiger partial charge in [0.25, 0.3) is 5.56 Å². The zero-order chi connectivity index (χ0) is 13.8. The van der Waals surface area contributed by atoms with Gasteiger partial charge in [-0.1, -0.05) is 0 Å². The minimum absolute atomic E-state index is 0.0806. The Hall–Kier alpha value is -2.05. The molecule has 0 aromatic carbocycles. The van der Waals surface area contributed by atoms with Gasteiger partial charge in [-0.15, -0.1) is 0 Å². The lowest BCUT2D eigenvalue weighted by atomic mass is 9.95. The van der Waals surface area contributed by atoms with Crippen LogP contribution in [0.1, 0.15) is 19.3 Å². The number of aliphatic carboxylic acids is 1. The largest absolute Gasteiger partial charge is 0.489 e. The van der Waals surface area contributed by atoms with Crippen molar-refractivity contribution in [2.24, 2.45) is 5.92 Å². The highest BCUT2D eigenvalue weighted by molar-refractivity contribution is 5.67. The quantitative estimate of drug-likeness (QED) is 0.823. The van der Waals surface area contributed by atoms with E-state index >= 15 is 0 Å².